The van der Waals surface area contributed by atoms with E-state index in [9.17, 15) is 0 Å². The fraction of sp³-hybridized carbons (Fsp3) is 0.167. The molecule has 1 aromatic carbocycles. The number of nitrogens with one attached hydrogen (secondary N) is 1. The van der Waals surface area contributed by atoms with Crippen LogP contribution in [0, 0.1) is 0 Å². The Morgan fingerprint density at radius 3 is 2.75 bits per heavy atom. The fourth-order valence-electron chi connectivity index (χ4n) is 1.63. The maximum atomic E-state index is 6.12. The first-order valence-electron chi connectivity index (χ1n) is 5.03. The maximum absolute atomic E-state index is 6.12. The van der Waals surface area contributed by atoms with Gasteiger partial charge in [0.05, 0.1) is 6.04 Å². The fourth-order valence-corrected chi connectivity index (χ4v) is 2.56. The summed E-state index contributed by atoms with van der Waals surface area (Å²) in [7, 11) is 0. The van der Waals surface area contributed by atoms with Crippen LogP contribution < -0.4 is 11.3 Å². The van der Waals surface area contributed by atoms with Crippen molar-refractivity contribution in [1.29, 1.82) is 0 Å². The summed E-state index contributed by atoms with van der Waals surface area (Å²) in [6.07, 6.45) is 0.799. The van der Waals surface area contributed by atoms with E-state index < -0.39 is 0 Å². The third kappa shape index (κ3) is 2.62. The largest absolute Gasteiger partial charge is 0.271 e. The predicted molar refractivity (Wildman–Crippen MR) is 69.5 cm³/mol. The Labute approximate surface area is 104 Å². The number of thiophene rings is 1. The van der Waals surface area contributed by atoms with Crippen LogP contribution in [-0.2, 0) is 6.42 Å². The molecule has 0 amide bonds. The average molecular weight is 253 g/mol. The summed E-state index contributed by atoms with van der Waals surface area (Å²) in [4.78, 5) is 0. The highest BCUT2D eigenvalue weighted by atomic mass is 35.5. The first-order valence-corrected chi connectivity index (χ1v) is 6.35. The molecule has 0 saturated heterocycles. The van der Waals surface area contributed by atoms with Crippen molar-refractivity contribution in [3.63, 3.8) is 0 Å². The van der Waals surface area contributed by atoms with Gasteiger partial charge < -0.3 is 0 Å². The molecule has 1 unspecified atom stereocenters. The second-order valence-corrected chi connectivity index (χ2v) is 4.76. The zero-order valence-electron chi connectivity index (χ0n) is 8.69. The molecule has 0 saturated carbocycles. The van der Waals surface area contributed by atoms with Crippen molar-refractivity contribution in [1.82, 2.24) is 5.43 Å². The van der Waals surface area contributed by atoms with Crippen LogP contribution >= 0.6 is 22.9 Å². The van der Waals surface area contributed by atoms with E-state index in [1.54, 1.807) is 11.3 Å². The molecule has 2 rings (SSSR count). The first-order chi connectivity index (χ1) is 7.81. The highest BCUT2D eigenvalue weighted by molar-refractivity contribution is 7.07. The Kier molecular flexibility index (Phi) is 3.96. The molecule has 0 aliphatic carbocycles. The van der Waals surface area contributed by atoms with Crippen LogP contribution in [0.25, 0.3) is 0 Å². The van der Waals surface area contributed by atoms with Crippen LogP contribution in [0.3, 0.4) is 0 Å². The summed E-state index contributed by atoms with van der Waals surface area (Å²) >= 11 is 7.79. The second kappa shape index (κ2) is 5.46. The zero-order valence-corrected chi connectivity index (χ0v) is 10.3. The SMILES string of the molecule is NNC(Cc1ccccc1Cl)c1ccsc1. The van der Waals surface area contributed by atoms with Gasteiger partial charge in [-0.05, 0) is 40.4 Å². The van der Waals surface area contributed by atoms with Crippen molar-refractivity contribution >= 4 is 22.9 Å². The van der Waals surface area contributed by atoms with Crippen molar-refractivity contribution in [2.45, 2.75) is 12.5 Å². The minimum absolute atomic E-state index is 0.117. The number of hydrogen-bond donors (Lipinski definition) is 2. The molecule has 0 fully saturated rings. The van der Waals surface area contributed by atoms with Gasteiger partial charge in [-0.1, -0.05) is 29.8 Å². The lowest BCUT2D eigenvalue weighted by molar-refractivity contribution is 0.553. The molecule has 16 heavy (non-hydrogen) atoms. The van der Waals surface area contributed by atoms with Crippen LogP contribution in [0.2, 0.25) is 5.02 Å². The second-order valence-electron chi connectivity index (χ2n) is 3.57. The van der Waals surface area contributed by atoms with Gasteiger partial charge in [-0.25, -0.2) is 0 Å². The minimum atomic E-state index is 0.117. The molecule has 0 bridgehead atoms. The van der Waals surface area contributed by atoms with Gasteiger partial charge in [-0.15, -0.1) is 0 Å². The standard InChI is InChI=1S/C12H13ClN2S/c13-11-4-2-1-3-9(11)7-12(15-14)10-5-6-16-8-10/h1-6,8,12,15H,7,14H2. The van der Waals surface area contributed by atoms with Gasteiger partial charge in [-0.2, -0.15) is 11.3 Å². The molecule has 2 nitrogen and oxygen atoms in total. The Balaban J connectivity index is 2.17. The van der Waals surface area contributed by atoms with Gasteiger partial charge in [0.1, 0.15) is 0 Å². The topological polar surface area (TPSA) is 38.0 Å². The molecule has 2 aromatic rings. The highest BCUT2D eigenvalue weighted by Crippen LogP contribution is 2.24. The Morgan fingerprint density at radius 1 is 1.31 bits per heavy atom. The van der Waals surface area contributed by atoms with E-state index in [2.05, 4.69) is 16.9 Å². The van der Waals surface area contributed by atoms with E-state index in [1.165, 1.54) is 5.56 Å². The molecule has 1 atom stereocenters. The van der Waals surface area contributed by atoms with Crippen molar-refractivity contribution in [3.05, 3.63) is 57.2 Å². The minimum Gasteiger partial charge on any atom is -0.271 e. The number of hydrogen-bond acceptors (Lipinski definition) is 3. The van der Waals surface area contributed by atoms with Crippen molar-refractivity contribution < 1.29 is 0 Å². The lowest BCUT2D eigenvalue weighted by Crippen LogP contribution is -2.29. The summed E-state index contributed by atoms with van der Waals surface area (Å²) in [6.45, 7) is 0. The Bertz CT molecular complexity index is 442. The summed E-state index contributed by atoms with van der Waals surface area (Å²) in [5, 5.41) is 4.94. The molecule has 0 spiro atoms. The number of halogens is 1. The lowest BCUT2D eigenvalue weighted by Gasteiger charge is -2.15. The summed E-state index contributed by atoms with van der Waals surface area (Å²) in [6, 6.07) is 10.0. The van der Waals surface area contributed by atoms with E-state index >= 15 is 0 Å². The molecule has 0 radical (unpaired) electrons. The molecule has 4 heteroatoms. The monoisotopic (exact) mass is 252 g/mol. The van der Waals surface area contributed by atoms with Gasteiger partial charge in [0.25, 0.3) is 0 Å². The van der Waals surface area contributed by atoms with Crippen LogP contribution in [0.15, 0.2) is 41.1 Å². The van der Waals surface area contributed by atoms with Crippen LogP contribution in [0.4, 0.5) is 0 Å². The van der Waals surface area contributed by atoms with Gasteiger partial charge >= 0.3 is 0 Å². The van der Waals surface area contributed by atoms with Crippen LogP contribution in [-0.4, -0.2) is 0 Å². The van der Waals surface area contributed by atoms with Crippen molar-refractivity contribution in [2.24, 2.45) is 5.84 Å². The van der Waals surface area contributed by atoms with E-state index in [4.69, 9.17) is 17.4 Å². The lowest BCUT2D eigenvalue weighted by atomic mass is 10.0. The number of hydrazine groups is 1. The molecule has 0 aliphatic heterocycles. The van der Waals surface area contributed by atoms with E-state index in [1.807, 2.05) is 29.6 Å². The van der Waals surface area contributed by atoms with Gasteiger partial charge in [0.15, 0.2) is 0 Å². The first kappa shape index (κ1) is 11.6. The van der Waals surface area contributed by atoms with E-state index in [0.29, 0.717) is 0 Å². The van der Waals surface area contributed by atoms with E-state index in [0.717, 1.165) is 17.0 Å². The quantitative estimate of drug-likeness (QED) is 0.648. The predicted octanol–water partition coefficient (Wildman–Crippen LogP) is 3.15. The van der Waals surface area contributed by atoms with Crippen molar-refractivity contribution in [2.75, 3.05) is 0 Å². The highest BCUT2D eigenvalue weighted by Gasteiger charge is 2.12. The molecular formula is C12H13ClN2S. The van der Waals surface area contributed by atoms with Gasteiger partial charge in [0.2, 0.25) is 0 Å². The smallest absolute Gasteiger partial charge is 0.0509 e. The molecule has 1 heterocycles. The third-order valence-corrected chi connectivity index (χ3v) is 3.60. The Hall–Kier alpha value is -0.870. The van der Waals surface area contributed by atoms with Crippen LogP contribution in [0.5, 0.6) is 0 Å². The number of benzene rings is 1. The summed E-state index contributed by atoms with van der Waals surface area (Å²) in [5.74, 6) is 5.57. The normalized spacial score (nSPS) is 12.6. The maximum Gasteiger partial charge on any atom is 0.0509 e. The summed E-state index contributed by atoms with van der Waals surface area (Å²) in [5.41, 5.74) is 5.14. The van der Waals surface area contributed by atoms with Crippen molar-refractivity contribution in [3.8, 4) is 0 Å². The Morgan fingerprint density at radius 2 is 2.12 bits per heavy atom. The molecule has 84 valence electrons. The number of nitrogens with two attached hydrogens (primary N) is 1. The molecular weight excluding hydrogens is 240 g/mol. The molecule has 3 N–H and O–H groups in total. The number of rotatable bonds is 4. The van der Waals surface area contributed by atoms with Gasteiger partial charge in [0, 0.05) is 5.02 Å². The van der Waals surface area contributed by atoms with Crippen LogP contribution in [0.1, 0.15) is 17.2 Å². The zero-order chi connectivity index (χ0) is 11.4. The average Bonchev–Trinajstić information content (AvgIpc) is 2.81. The summed E-state index contributed by atoms with van der Waals surface area (Å²) < 4.78 is 0. The molecule has 0 aliphatic rings. The van der Waals surface area contributed by atoms with E-state index in [-0.39, 0.29) is 6.04 Å². The third-order valence-electron chi connectivity index (χ3n) is 2.53. The molecule has 1 aromatic heterocycles. The van der Waals surface area contributed by atoms with Gasteiger partial charge in [-0.3, -0.25) is 11.3 Å².